The second kappa shape index (κ2) is 9.55. The molecule has 37 heavy (non-hydrogen) atoms. The number of aryl methyl sites for hydroxylation is 1. The number of halogens is 2. The monoisotopic (exact) mass is 508 g/mol. The van der Waals surface area contributed by atoms with Crippen LogP contribution >= 0.6 is 0 Å². The summed E-state index contributed by atoms with van der Waals surface area (Å²) in [6.07, 6.45) is 1.73. The first-order valence-electron chi connectivity index (χ1n) is 12.1. The summed E-state index contributed by atoms with van der Waals surface area (Å²) in [5.41, 5.74) is -0.559. The van der Waals surface area contributed by atoms with Crippen molar-refractivity contribution in [3.63, 3.8) is 0 Å². The molecule has 9 heteroatoms. The summed E-state index contributed by atoms with van der Waals surface area (Å²) in [6.45, 7) is 0.218. The molecule has 5 rings (SSSR count). The molecular weight excluding hydrogens is 482 g/mol. The number of aliphatic hydroxyl groups excluding tert-OH is 1. The fraction of sp³-hybridized carbons (Fsp3) is 0.321. The van der Waals surface area contributed by atoms with Crippen molar-refractivity contribution in [1.29, 1.82) is 0 Å². The van der Waals surface area contributed by atoms with Crippen LogP contribution in [-0.4, -0.2) is 46.5 Å². The number of nitrogens with zero attached hydrogens (tertiary/aromatic N) is 2. The minimum absolute atomic E-state index is 0.00887. The predicted molar refractivity (Wildman–Crippen MR) is 131 cm³/mol. The number of ether oxygens (including phenoxy) is 1. The van der Waals surface area contributed by atoms with Gasteiger partial charge in [-0.1, -0.05) is 36.4 Å². The van der Waals surface area contributed by atoms with Crippen LogP contribution in [0.2, 0.25) is 0 Å². The maximum Gasteiger partial charge on any atom is 0.274 e. The summed E-state index contributed by atoms with van der Waals surface area (Å²) in [7, 11) is 1.63. The summed E-state index contributed by atoms with van der Waals surface area (Å²) in [5.74, 6) is -2.82. The van der Waals surface area contributed by atoms with Crippen molar-refractivity contribution in [2.45, 2.75) is 31.4 Å². The SMILES string of the molecule is CN1C[C@@]2(C[C@H]2CO)n2cc(C(=O)CCc3ccc(F)cc3F)c(=O)c(OCc3ccccc3)c2C1=O. The lowest BCUT2D eigenvalue weighted by Gasteiger charge is -2.36. The smallest absolute Gasteiger partial charge is 0.274 e. The van der Waals surface area contributed by atoms with Crippen molar-refractivity contribution in [1.82, 2.24) is 9.47 Å². The highest BCUT2D eigenvalue weighted by atomic mass is 19.1. The molecule has 0 bridgehead atoms. The third-order valence-electron chi connectivity index (χ3n) is 7.29. The lowest BCUT2D eigenvalue weighted by atomic mass is 10.00. The first-order chi connectivity index (χ1) is 17.7. The van der Waals surface area contributed by atoms with Gasteiger partial charge in [0.15, 0.2) is 17.2 Å². The van der Waals surface area contributed by atoms with E-state index in [-0.39, 0.29) is 54.5 Å². The highest BCUT2D eigenvalue weighted by Crippen LogP contribution is 2.53. The third-order valence-corrected chi connectivity index (χ3v) is 7.29. The van der Waals surface area contributed by atoms with Gasteiger partial charge in [0.1, 0.15) is 18.2 Å². The predicted octanol–water partition coefficient (Wildman–Crippen LogP) is 3.31. The Morgan fingerprint density at radius 3 is 2.59 bits per heavy atom. The molecular formula is C28H26F2N2O5. The van der Waals surface area contributed by atoms with E-state index in [1.54, 1.807) is 11.6 Å². The van der Waals surface area contributed by atoms with Crippen molar-refractivity contribution in [3.05, 3.63) is 99.0 Å². The van der Waals surface area contributed by atoms with Gasteiger partial charge in [-0.3, -0.25) is 14.4 Å². The quantitative estimate of drug-likeness (QED) is 0.472. The Bertz CT molecular complexity index is 1440. The van der Waals surface area contributed by atoms with Crippen molar-refractivity contribution >= 4 is 11.7 Å². The first-order valence-corrected chi connectivity index (χ1v) is 12.1. The maximum atomic E-state index is 14.1. The van der Waals surface area contributed by atoms with Crippen LogP contribution in [0.3, 0.4) is 0 Å². The minimum Gasteiger partial charge on any atom is -0.483 e. The number of benzene rings is 2. The van der Waals surface area contributed by atoms with Crippen LogP contribution in [0.15, 0.2) is 59.5 Å². The molecule has 1 aromatic heterocycles. The summed E-state index contributed by atoms with van der Waals surface area (Å²) in [4.78, 5) is 41.5. The van der Waals surface area contributed by atoms with Crippen LogP contribution < -0.4 is 10.2 Å². The van der Waals surface area contributed by atoms with Gasteiger partial charge in [0, 0.05) is 44.8 Å². The number of carbonyl (C=O) groups is 2. The Balaban J connectivity index is 1.55. The molecule has 1 saturated carbocycles. The van der Waals surface area contributed by atoms with Crippen molar-refractivity contribution in [2.75, 3.05) is 20.2 Å². The number of fused-ring (bicyclic) bond motifs is 2. The zero-order valence-electron chi connectivity index (χ0n) is 20.2. The average molecular weight is 509 g/mol. The van der Waals surface area contributed by atoms with Crippen LogP contribution in [-0.2, 0) is 18.6 Å². The van der Waals surface area contributed by atoms with E-state index in [0.29, 0.717) is 13.0 Å². The summed E-state index contributed by atoms with van der Waals surface area (Å²) in [6, 6.07) is 12.2. The normalized spacial score (nSPS) is 20.2. The molecule has 1 aliphatic heterocycles. The van der Waals surface area contributed by atoms with Gasteiger partial charge >= 0.3 is 0 Å². The Labute approximate surface area is 211 Å². The zero-order chi connectivity index (χ0) is 26.3. The molecule has 1 aliphatic carbocycles. The van der Waals surface area contributed by atoms with E-state index >= 15 is 0 Å². The van der Waals surface area contributed by atoms with E-state index in [0.717, 1.165) is 17.7 Å². The fourth-order valence-corrected chi connectivity index (χ4v) is 5.14. The highest BCUT2D eigenvalue weighted by Gasteiger charge is 2.60. The molecule has 7 nitrogen and oxygen atoms in total. The summed E-state index contributed by atoms with van der Waals surface area (Å²) < 4.78 is 34.9. The number of likely N-dealkylation sites (N-methyl/N-ethyl adjacent to an activating group) is 1. The molecule has 1 fully saturated rings. The molecule has 192 valence electrons. The number of aliphatic hydroxyl groups is 1. The number of aromatic nitrogens is 1. The molecule has 2 aliphatic rings. The number of hydrogen-bond donors (Lipinski definition) is 1. The lowest BCUT2D eigenvalue weighted by molar-refractivity contribution is 0.0668. The maximum absolute atomic E-state index is 14.1. The molecule has 1 amide bonds. The van der Waals surface area contributed by atoms with Gasteiger partial charge in [-0.05, 0) is 30.0 Å². The lowest BCUT2D eigenvalue weighted by Crippen LogP contribution is -2.48. The van der Waals surface area contributed by atoms with Crippen LogP contribution in [0.5, 0.6) is 5.75 Å². The fourth-order valence-electron chi connectivity index (χ4n) is 5.14. The van der Waals surface area contributed by atoms with Crippen LogP contribution in [0.1, 0.15) is 44.8 Å². The number of hydrogen-bond acceptors (Lipinski definition) is 5. The number of rotatable bonds is 8. The Kier molecular flexibility index (Phi) is 6.41. The molecule has 2 heterocycles. The van der Waals surface area contributed by atoms with E-state index in [1.807, 2.05) is 30.3 Å². The van der Waals surface area contributed by atoms with Gasteiger partial charge in [0.2, 0.25) is 5.43 Å². The number of amides is 1. The van der Waals surface area contributed by atoms with E-state index in [4.69, 9.17) is 4.74 Å². The van der Waals surface area contributed by atoms with Gasteiger partial charge in [0.05, 0.1) is 11.1 Å². The summed E-state index contributed by atoms with van der Waals surface area (Å²) >= 11 is 0. The van der Waals surface area contributed by atoms with Crippen LogP contribution in [0, 0.1) is 17.6 Å². The number of ketones is 1. The van der Waals surface area contributed by atoms with Crippen LogP contribution in [0.4, 0.5) is 8.78 Å². The standard InChI is InChI=1S/C28H26F2N2O5/c1-31-16-28(12-19(28)14-33)32-13-21(23(34)10-8-18-7-9-20(29)11-22(18)30)25(35)26(24(32)27(31)36)37-15-17-5-3-2-4-6-17/h2-7,9,11,13,19,33H,8,10,12,14-16H2,1H3/t19-,28+/m0/s1. The molecule has 2 atom stereocenters. The van der Waals surface area contributed by atoms with E-state index in [2.05, 4.69) is 0 Å². The zero-order valence-corrected chi connectivity index (χ0v) is 20.2. The van der Waals surface area contributed by atoms with Crippen molar-refractivity contribution < 1.29 is 28.2 Å². The topological polar surface area (TPSA) is 88.8 Å². The molecule has 1 N–H and O–H groups in total. The van der Waals surface area contributed by atoms with Gasteiger partial charge in [-0.2, -0.15) is 0 Å². The Morgan fingerprint density at radius 2 is 1.92 bits per heavy atom. The Morgan fingerprint density at radius 1 is 1.16 bits per heavy atom. The molecule has 0 saturated heterocycles. The largest absolute Gasteiger partial charge is 0.483 e. The van der Waals surface area contributed by atoms with Gasteiger partial charge in [0.25, 0.3) is 5.91 Å². The Hall–Kier alpha value is -3.85. The molecule has 3 aromatic rings. The number of Topliss-reactive ketones (excluding diaryl/α,β-unsaturated/α-hetero) is 1. The molecule has 0 radical (unpaired) electrons. The summed E-state index contributed by atoms with van der Waals surface area (Å²) in [5, 5.41) is 9.87. The minimum atomic E-state index is -0.766. The second-order valence-electron chi connectivity index (χ2n) is 9.70. The van der Waals surface area contributed by atoms with Crippen molar-refractivity contribution in [2.24, 2.45) is 5.92 Å². The second-order valence-corrected chi connectivity index (χ2v) is 9.70. The van der Waals surface area contributed by atoms with Gasteiger partial charge in [-0.15, -0.1) is 0 Å². The van der Waals surface area contributed by atoms with E-state index < -0.39 is 34.3 Å². The highest BCUT2D eigenvalue weighted by molar-refractivity contribution is 6.00. The molecule has 2 aromatic carbocycles. The van der Waals surface area contributed by atoms with Crippen LogP contribution in [0.25, 0.3) is 0 Å². The molecule has 1 spiro atoms. The van der Waals surface area contributed by atoms with Crippen molar-refractivity contribution in [3.8, 4) is 5.75 Å². The number of carbonyl (C=O) groups excluding carboxylic acids is 2. The van der Waals surface area contributed by atoms with Gasteiger partial charge in [-0.25, -0.2) is 8.78 Å². The molecule has 0 unspecified atom stereocenters. The number of pyridine rings is 1. The van der Waals surface area contributed by atoms with E-state index in [1.165, 1.54) is 17.2 Å². The average Bonchev–Trinajstić information content (AvgIpc) is 3.59. The van der Waals surface area contributed by atoms with Gasteiger partial charge < -0.3 is 19.3 Å². The first kappa shape index (κ1) is 24.8. The van der Waals surface area contributed by atoms with E-state index in [9.17, 15) is 28.3 Å². The third kappa shape index (κ3) is 4.44.